The van der Waals surface area contributed by atoms with Crippen molar-refractivity contribution in [1.82, 2.24) is 0 Å². The molecule has 0 saturated carbocycles. The second kappa shape index (κ2) is 7.23. The molecule has 116 valence electrons. The highest BCUT2D eigenvalue weighted by Gasteiger charge is 2.30. The maximum Gasteiger partial charge on any atom is 0.0886 e. The van der Waals surface area contributed by atoms with E-state index in [1.165, 1.54) is 0 Å². The molecule has 3 aromatic carbocycles. The van der Waals surface area contributed by atoms with Crippen LogP contribution in [0.4, 0.5) is 0 Å². The lowest BCUT2D eigenvalue weighted by Crippen LogP contribution is -2.19. The first-order valence-corrected chi connectivity index (χ1v) is 7.78. The van der Waals surface area contributed by atoms with Gasteiger partial charge in [-0.1, -0.05) is 91.0 Å². The first-order chi connectivity index (χ1) is 11.3. The summed E-state index contributed by atoms with van der Waals surface area (Å²) in [6, 6.07) is 28.7. The molecule has 0 bridgehead atoms. The Balaban J connectivity index is 2.01. The maximum absolute atomic E-state index is 10.9. The van der Waals surface area contributed by atoms with Crippen molar-refractivity contribution >= 4 is 0 Å². The molecule has 3 rings (SSSR count). The van der Waals surface area contributed by atoms with Crippen molar-refractivity contribution in [1.29, 1.82) is 0 Å². The van der Waals surface area contributed by atoms with E-state index in [1.54, 1.807) is 0 Å². The highest BCUT2D eigenvalue weighted by atomic mass is 16.3. The zero-order valence-electron chi connectivity index (χ0n) is 12.8. The van der Waals surface area contributed by atoms with Crippen molar-refractivity contribution in [2.45, 2.75) is 18.1 Å². The monoisotopic (exact) mass is 304 g/mol. The van der Waals surface area contributed by atoms with Crippen LogP contribution in [0.25, 0.3) is 0 Å². The summed E-state index contributed by atoms with van der Waals surface area (Å²) in [6.07, 6.45) is -1.57. The summed E-state index contributed by atoms with van der Waals surface area (Å²) < 4.78 is 0. The molecule has 3 atom stereocenters. The molecule has 23 heavy (non-hydrogen) atoms. The fraction of sp³-hybridized carbons (Fsp3) is 0.143. The number of rotatable bonds is 5. The predicted octanol–water partition coefficient (Wildman–Crippen LogP) is 4.24. The Hall–Kier alpha value is -2.42. The molecule has 3 aromatic rings. The van der Waals surface area contributed by atoms with Gasteiger partial charge < -0.3 is 10.2 Å². The summed E-state index contributed by atoms with van der Waals surface area (Å²) in [7, 11) is 0. The van der Waals surface area contributed by atoms with Crippen LogP contribution in [0.5, 0.6) is 0 Å². The van der Waals surface area contributed by atoms with Crippen molar-refractivity contribution < 1.29 is 10.2 Å². The molecule has 0 saturated heterocycles. The van der Waals surface area contributed by atoms with E-state index < -0.39 is 18.1 Å². The highest BCUT2D eigenvalue weighted by Crippen LogP contribution is 2.40. The van der Waals surface area contributed by atoms with E-state index in [-0.39, 0.29) is 0 Å². The molecule has 0 amide bonds. The van der Waals surface area contributed by atoms with Crippen molar-refractivity contribution in [3.05, 3.63) is 108 Å². The average Bonchev–Trinajstić information content (AvgIpc) is 2.64. The fourth-order valence-electron chi connectivity index (χ4n) is 2.93. The summed E-state index contributed by atoms with van der Waals surface area (Å²) in [5.74, 6) is -0.430. The molecule has 0 aliphatic rings. The van der Waals surface area contributed by atoms with Gasteiger partial charge in [-0.2, -0.15) is 0 Å². The minimum Gasteiger partial charge on any atom is -0.388 e. The summed E-state index contributed by atoms with van der Waals surface area (Å²) in [5.41, 5.74) is 2.52. The van der Waals surface area contributed by atoms with Gasteiger partial charge in [-0.15, -0.1) is 0 Å². The van der Waals surface area contributed by atoms with Crippen LogP contribution in [0.1, 0.15) is 34.8 Å². The zero-order valence-corrected chi connectivity index (χ0v) is 12.8. The van der Waals surface area contributed by atoms with Gasteiger partial charge in [-0.3, -0.25) is 0 Å². The van der Waals surface area contributed by atoms with Crippen LogP contribution in [0.2, 0.25) is 0 Å². The van der Waals surface area contributed by atoms with Gasteiger partial charge in [0.2, 0.25) is 0 Å². The van der Waals surface area contributed by atoms with Crippen LogP contribution >= 0.6 is 0 Å². The number of aliphatic hydroxyl groups is 2. The number of aliphatic hydroxyl groups excluding tert-OH is 2. The topological polar surface area (TPSA) is 40.5 Å². The molecule has 2 unspecified atom stereocenters. The number of hydrogen-bond donors (Lipinski definition) is 2. The van der Waals surface area contributed by atoms with Gasteiger partial charge in [0.05, 0.1) is 12.2 Å². The Bertz CT molecular complexity index is 665. The fourth-order valence-corrected chi connectivity index (χ4v) is 2.93. The molecule has 2 heteroatoms. The van der Waals surface area contributed by atoms with Gasteiger partial charge in [0.1, 0.15) is 0 Å². The van der Waals surface area contributed by atoms with Crippen molar-refractivity contribution in [3.8, 4) is 0 Å². The van der Waals surface area contributed by atoms with E-state index in [1.807, 2.05) is 91.0 Å². The summed E-state index contributed by atoms with van der Waals surface area (Å²) >= 11 is 0. The molecule has 0 radical (unpaired) electrons. The molecule has 0 aromatic heterocycles. The van der Waals surface area contributed by atoms with Gasteiger partial charge in [0.15, 0.2) is 0 Å². The molecule has 2 nitrogen and oxygen atoms in total. The molecule has 0 fully saturated rings. The van der Waals surface area contributed by atoms with Gasteiger partial charge in [-0.05, 0) is 16.7 Å². The van der Waals surface area contributed by atoms with Gasteiger partial charge in [-0.25, -0.2) is 0 Å². The number of hydrogen-bond acceptors (Lipinski definition) is 2. The zero-order chi connectivity index (χ0) is 16.1. The van der Waals surface area contributed by atoms with Crippen LogP contribution in [-0.2, 0) is 0 Å². The predicted molar refractivity (Wildman–Crippen MR) is 92.0 cm³/mol. The summed E-state index contributed by atoms with van der Waals surface area (Å²) in [6.45, 7) is 0. The third kappa shape index (κ3) is 3.50. The lowest BCUT2D eigenvalue weighted by atomic mass is 9.82. The normalized spacial score (nSPS) is 14.9. The van der Waals surface area contributed by atoms with Gasteiger partial charge in [0, 0.05) is 5.92 Å². The molecule has 2 N–H and O–H groups in total. The van der Waals surface area contributed by atoms with Crippen molar-refractivity contribution in [2.75, 3.05) is 0 Å². The van der Waals surface area contributed by atoms with E-state index >= 15 is 0 Å². The summed E-state index contributed by atoms with van der Waals surface area (Å²) in [4.78, 5) is 0. The van der Waals surface area contributed by atoms with Crippen LogP contribution in [0.15, 0.2) is 91.0 Å². The van der Waals surface area contributed by atoms with E-state index in [4.69, 9.17) is 0 Å². The molecular weight excluding hydrogens is 284 g/mol. The third-order valence-electron chi connectivity index (χ3n) is 4.15. The molecule has 0 aliphatic heterocycles. The van der Waals surface area contributed by atoms with Crippen LogP contribution < -0.4 is 0 Å². The lowest BCUT2D eigenvalue weighted by Gasteiger charge is -2.29. The van der Waals surface area contributed by atoms with Crippen LogP contribution in [-0.4, -0.2) is 10.2 Å². The third-order valence-corrected chi connectivity index (χ3v) is 4.15. The molecule has 0 aliphatic carbocycles. The summed E-state index contributed by atoms with van der Waals surface area (Å²) in [5, 5.41) is 21.8. The van der Waals surface area contributed by atoms with E-state index in [0.717, 1.165) is 16.7 Å². The van der Waals surface area contributed by atoms with Crippen LogP contribution in [0.3, 0.4) is 0 Å². The minimum absolute atomic E-state index is 0.430. The Morgan fingerprint density at radius 3 is 1.09 bits per heavy atom. The second-order valence-corrected chi connectivity index (χ2v) is 5.65. The minimum atomic E-state index is -0.784. The van der Waals surface area contributed by atoms with Gasteiger partial charge >= 0.3 is 0 Å². The van der Waals surface area contributed by atoms with Crippen molar-refractivity contribution in [3.63, 3.8) is 0 Å². The maximum atomic E-state index is 10.9. The first-order valence-electron chi connectivity index (χ1n) is 7.78. The molecule has 0 heterocycles. The number of benzene rings is 3. The van der Waals surface area contributed by atoms with Gasteiger partial charge in [0.25, 0.3) is 0 Å². The smallest absolute Gasteiger partial charge is 0.0886 e. The lowest BCUT2D eigenvalue weighted by molar-refractivity contribution is 0.0513. The van der Waals surface area contributed by atoms with Crippen LogP contribution in [0, 0.1) is 0 Å². The Morgan fingerprint density at radius 1 is 0.435 bits per heavy atom. The molecular formula is C21H20O2. The Kier molecular flexibility index (Phi) is 4.86. The average molecular weight is 304 g/mol. The largest absolute Gasteiger partial charge is 0.388 e. The molecule has 0 spiro atoms. The Labute approximate surface area is 136 Å². The standard InChI is InChI=1S/C21H20O2/c22-20(17-12-6-2-7-13-17)19(16-10-4-1-5-11-16)21(23)18-14-8-3-9-15-18/h1-15,19-23H/t19?,20-,21?/m1/s1. The van der Waals surface area contributed by atoms with E-state index in [0.29, 0.717) is 0 Å². The van der Waals surface area contributed by atoms with E-state index in [9.17, 15) is 10.2 Å². The quantitative estimate of drug-likeness (QED) is 0.740. The SMILES string of the molecule is OC(c1ccccc1)C(c1ccccc1)[C@H](O)c1ccccc1. The highest BCUT2D eigenvalue weighted by molar-refractivity contribution is 5.31. The first kappa shape index (κ1) is 15.5. The second-order valence-electron chi connectivity index (χ2n) is 5.65. The van der Waals surface area contributed by atoms with Crippen molar-refractivity contribution in [2.24, 2.45) is 0 Å². The Morgan fingerprint density at radius 2 is 0.739 bits per heavy atom. The van der Waals surface area contributed by atoms with E-state index in [2.05, 4.69) is 0 Å².